The average molecular weight is 399 g/mol. The zero-order valence-corrected chi connectivity index (χ0v) is 16.2. The van der Waals surface area contributed by atoms with Crippen molar-refractivity contribution in [2.45, 2.75) is 19.8 Å². The van der Waals surface area contributed by atoms with Gasteiger partial charge in [0.2, 0.25) is 5.91 Å². The molecular weight excluding hydrogens is 380 g/mol. The van der Waals surface area contributed by atoms with Gasteiger partial charge in [-0.1, -0.05) is 17.7 Å². The van der Waals surface area contributed by atoms with Crippen LogP contribution in [-0.2, 0) is 16.0 Å². The summed E-state index contributed by atoms with van der Waals surface area (Å²) in [5, 5.41) is 3.46. The molecule has 1 N–H and O–H groups in total. The van der Waals surface area contributed by atoms with Crippen LogP contribution in [0.5, 0.6) is 0 Å². The monoisotopic (exact) mass is 398 g/mol. The molecule has 2 aromatic carbocycles. The van der Waals surface area contributed by atoms with Crippen LogP contribution < -0.4 is 5.32 Å². The number of aryl methyl sites for hydroxylation is 2. The smallest absolute Gasteiger partial charge is 0.337 e. The predicted octanol–water partition coefficient (Wildman–Crippen LogP) is 4.66. The molecule has 0 aliphatic heterocycles. The summed E-state index contributed by atoms with van der Waals surface area (Å²) in [6.07, 6.45) is 2.18. The van der Waals surface area contributed by atoms with E-state index in [4.69, 9.17) is 20.8 Å². The fourth-order valence-electron chi connectivity index (χ4n) is 2.61. The molecule has 3 rings (SSSR count). The first-order chi connectivity index (χ1) is 13.5. The Bertz CT molecular complexity index is 996. The highest BCUT2D eigenvalue weighted by molar-refractivity contribution is 6.30. The van der Waals surface area contributed by atoms with E-state index < -0.39 is 5.97 Å². The van der Waals surface area contributed by atoms with Crippen molar-refractivity contribution in [2.24, 2.45) is 0 Å². The van der Waals surface area contributed by atoms with E-state index in [9.17, 15) is 9.59 Å². The molecule has 1 amide bonds. The van der Waals surface area contributed by atoms with Gasteiger partial charge in [0.25, 0.3) is 0 Å². The largest absolute Gasteiger partial charge is 0.465 e. The molecule has 0 aliphatic rings. The van der Waals surface area contributed by atoms with Crippen molar-refractivity contribution in [3.05, 3.63) is 70.7 Å². The van der Waals surface area contributed by atoms with Crippen LogP contribution in [-0.4, -0.2) is 24.0 Å². The first-order valence-corrected chi connectivity index (χ1v) is 9.03. The van der Waals surface area contributed by atoms with Crippen LogP contribution in [0.3, 0.4) is 0 Å². The molecular formula is C21H19ClN2O4. The van der Waals surface area contributed by atoms with E-state index >= 15 is 0 Å². The zero-order valence-electron chi connectivity index (χ0n) is 15.5. The standard InChI is InChI=1S/C21H19ClN2O4/c1-13-3-4-15(21(26)27-2)11-17(13)24-19(25)9-10-20-23-12-18(28-20)14-5-7-16(22)8-6-14/h3-8,11-12H,9-10H2,1-2H3,(H,24,25). The van der Waals surface area contributed by atoms with Crippen LogP contribution in [0.1, 0.15) is 28.2 Å². The van der Waals surface area contributed by atoms with Crippen molar-refractivity contribution in [3.8, 4) is 11.3 Å². The Labute approximate surface area is 167 Å². The van der Waals surface area contributed by atoms with Crippen LogP contribution >= 0.6 is 11.6 Å². The second-order valence-corrected chi connectivity index (χ2v) is 6.63. The van der Waals surface area contributed by atoms with Crippen molar-refractivity contribution >= 4 is 29.2 Å². The topological polar surface area (TPSA) is 81.4 Å². The number of esters is 1. The molecule has 0 fully saturated rings. The third-order valence-corrected chi connectivity index (χ3v) is 4.43. The molecule has 0 radical (unpaired) electrons. The maximum atomic E-state index is 12.3. The molecule has 144 valence electrons. The summed E-state index contributed by atoms with van der Waals surface area (Å²) in [7, 11) is 1.31. The van der Waals surface area contributed by atoms with Crippen molar-refractivity contribution in [3.63, 3.8) is 0 Å². The number of oxazole rings is 1. The maximum Gasteiger partial charge on any atom is 0.337 e. The second-order valence-electron chi connectivity index (χ2n) is 6.19. The van der Waals surface area contributed by atoms with Gasteiger partial charge in [-0.15, -0.1) is 0 Å². The van der Waals surface area contributed by atoms with Gasteiger partial charge in [0.15, 0.2) is 11.7 Å². The molecule has 0 atom stereocenters. The summed E-state index contributed by atoms with van der Waals surface area (Å²) >= 11 is 5.89. The van der Waals surface area contributed by atoms with E-state index in [-0.39, 0.29) is 12.3 Å². The molecule has 6 nitrogen and oxygen atoms in total. The molecule has 1 heterocycles. The van der Waals surface area contributed by atoms with Gasteiger partial charge >= 0.3 is 5.97 Å². The number of methoxy groups -OCH3 is 1. The van der Waals surface area contributed by atoms with Gasteiger partial charge in [0.05, 0.1) is 18.9 Å². The Kier molecular flexibility index (Phi) is 6.11. The Morgan fingerprint density at radius 1 is 1.18 bits per heavy atom. The summed E-state index contributed by atoms with van der Waals surface area (Å²) < 4.78 is 10.4. The van der Waals surface area contributed by atoms with E-state index in [1.165, 1.54) is 7.11 Å². The Morgan fingerprint density at radius 3 is 2.64 bits per heavy atom. The van der Waals surface area contributed by atoms with Crippen LogP contribution in [0.15, 0.2) is 53.1 Å². The minimum atomic E-state index is -0.454. The summed E-state index contributed by atoms with van der Waals surface area (Å²) in [4.78, 5) is 28.2. The molecule has 7 heteroatoms. The van der Waals surface area contributed by atoms with E-state index in [0.29, 0.717) is 34.3 Å². The van der Waals surface area contributed by atoms with Crippen molar-refractivity contribution in [2.75, 3.05) is 12.4 Å². The number of nitrogens with zero attached hydrogens (tertiary/aromatic N) is 1. The highest BCUT2D eigenvalue weighted by Crippen LogP contribution is 2.23. The van der Waals surface area contributed by atoms with E-state index in [1.54, 1.807) is 36.5 Å². The molecule has 0 saturated heterocycles. The lowest BCUT2D eigenvalue weighted by Gasteiger charge is -2.09. The number of benzene rings is 2. The summed E-state index contributed by atoms with van der Waals surface area (Å²) in [5.74, 6) is 0.440. The third kappa shape index (κ3) is 4.78. The maximum absolute atomic E-state index is 12.3. The number of hydrogen-bond acceptors (Lipinski definition) is 5. The molecule has 3 aromatic rings. The van der Waals surface area contributed by atoms with Crippen LogP contribution in [0.25, 0.3) is 11.3 Å². The zero-order chi connectivity index (χ0) is 20.1. The number of rotatable bonds is 6. The predicted molar refractivity (Wildman–Crippen MR) is 106 cm³/mol. The van der Waals surface area contributed by atoms with E-state index in [1.807, 2.05) is 19.1 Å². The average Bonchev–Trinajstić information content (AvgIpc) is 3.17. The first-order valence-electron chi connectivity index (χ1n) is 8.65. The summed E-state index contributed by atoms with van der Waals surface area (Å²) in [6.45, 7) is 1.85. The number of halogens is 1. The number of carbonyl (C=O) groups is 2. The van der Waals surface area contributed by atoms with E-state index in [2.05, 4.69) is 10.3 Å². The molecule has 1 aromatic heterocycles. The molecule has 0 spiro atoms. The second kappa shape index (κ2) is 8.71. The van der Waals surface area contributed by atoms with Gasteiger partial charge < -0.3 is 14.5 Å². The fraction of sp³-hybridized carbons (Fsp3) is 0.190. The molecule has 0 unspecified atom stereocenters. The van der Waals surface area contributed by atoms with Gasteiger partial charge in [-0.2, -0.15) is 0 Å². The lowest BCUT2D eigenvalue weighted by molar-refractivity contribution is -0.116. The van der Waals surface area contributed by atoms with Crippen LogP contribution in [0.2, 0.25) is 5.02 Å². The summed E-state index contributed by atoms with van der Waals surface area (Å²) in [6, 6.07) is 12.3. The van der Waals surface area contributed by atoms with Gasteiger partial charge in [0.1, 0.15) is 0 Å². The van der Waals surface area contributed by atoms with Crippen molar-refractivity contribution in [1.82, 2.24) is 4.98 Å². The molecule has 28 heavy (non-hydrogen) atoms. The minimum absolute atomic E-state index is 0.197. The molecule has 0 bridgehead atoms. The lowest BCUT2D eigenvalue weighted by Crippen LogP contribution is -2.14. The quantitative estimate of drug-likeness (QED) is 0.610. The number of anilines is 1. The Balaban J connectivity index is 1.61. The fourth-order valence-corrected chi connectivity index (χ4v) is 2.73. The number of hydrogen-bond donors (Lipinski definition) is 1. The van der Waals surface area contributed by atoms with Crippen LogP contribution in [0.4, 0.5) is 5.69 Å². The van der Waals surface area contributed by atoms with Gasteiger partial charge in [0, 0.05) is 29.1 Å². The SMILES string of the molecule is COC(=O)c1ccc(C)c(NC(=O)CCc2ncc(-c3ccc(Cl)cc3)o2)c1. The number of amides is 1. The highest BCUT2D eigenvalue weighted by Gasteiger charge is 2.12. The number of aromatic nitrogens is 1. The first kappa shape index (κ1) is 19.6. The summed E-state index contributed by atoms with van der Waals surface area (Å²) in [5.41, 5.74) is 2.66. The third-order valence-electron chi connectivity index (χ3n) is 4.18. The molecule has 0 saturated carbocycles. The lowest BCUT2D eigenvalue weighted by atomic mass is 10.1. The minimum Gasteiger partial charge on any atom is -0.465 e. The normalized spacial score (nSPS) is 10.5. The Hall–Kier alpha value is -3.12. The van der Waals surface area contributed by atoms with Gasteiger partial charge in [-0.25, -0.2) is 9.78 Å². The van der Waals surface area contributed by atoms with Crippen molar-refractivity contribution in [1.29, 1.82) is 0 Å². The highest BCUT2D eigenvalue weighted by atomic mass is 35.5. The van der Waals surface area contributed by atoms with Gasteiger partial charge in [-0.3, -0.25) is 4.79 Å². The van der Waals surface area contributed by atoms with Crippen LogP contribution in [0, 0.1) is 6.92 Å². The molecule has 0 aliphatic carbocycles. The Morgan fingerprint density at radius 2 is 1.93 bits per heavy atom. The number of carbonyl (C=O) groups excluding carboxylic acids is 2. The van der Waals surface area contributed by atoms with Crippen molar-refractivity contribution < 1.29 is 18.7 Å². The van der Waals surface area contributed by atoms with E-state index in [0.717, 1.165) is 11.1 Å². The van der Waals surface area contributed by atoms with Gasteiger partial charge in [-0.05, 0) is 48.9 Å². The number of ether oxygens (including phenoxy) is 1. The number of nitrogens with one attached hydrogen (secondary N) is 1.